The van der Waals surface area contributed by atoms with Crippen LogP contribution < -0.4 is 0 Å². The maximum Gasteiger partial charge on any atom is 0.122 e. The van der Waals surface area contributed by atoms with Crippen molar-refractivity contribution in [1.29, 1.82) is 0 Å². The van der Waals surface area contributed by atoms with E-state index in [4.69, 9.17) is 7.85 Å². The van der Waals surface area contributed by atoms with Crippen LogP contribution in [0.15, 0.2) is 0 Å². The van der Waals surface area contributed by atoms with E-state index in [1.807, 2.05) is 0 Å². The lowest BCUT2D eigenvalue weighted by molar-refractivity contribution is -0.114. The van der Waals surface area contributed by atoms with E-state index >= 15 is 0 Å². The zero-order valence-electron chi connectivity index (χ0n) is 12.5. The molecule has 0 spiro atoms. The monoisotopic (exact) mass is 270 g/mol. The van der Waals surface area contributed by atoms with Gasteiger partial charge in [-0.25, -0.2) is 0 Å². The number of rotatable bonds is 1. The lowest BCUT2D eigenvalue weighted by Gasteiger charge is -2.54. The van der Waals surface area contributed by atoms with Crippen molar-refractivity contribution in [3.05, 3.63) is 0 Å². The molecule has 20 heavy (non-hydrogen) atoms. The summed E-state index contributed by atoms with van der Waals surface area (Å²) in [6, 6.07) is 0. The van der Waals surface area contributed by atoms with Crippen molar-refractivity contribution < 1.29 is 4.79 Å². The largest absolute Gasteiger partial charge is 0.303 e. The van der Waals surface area contributed by atoms with Crippen LogP contribution in [-0.2, 0) is 4.79 Å². The molecule has 4 saturated carbocycles. The van der Waals surface area contributed by atoms with Crippen molar-refractivity contribution in [2.45, 2.75) is 63.6 Å². The van der Waals surface area contributed by atoms with Gasteiger partial charge < -0.3 is 4.79 Å². The van der Waals surface area contributed by atoms with E-state index < -0.39 is 0 Å². The normalized spacial score (nSPS) is 54.6. The second-order valence-electron chi connectivity index (χ2n) is 8.12. The van der Waals surface area contributed by atoms with E-state index in [1.165, 1.54) is 51.4 Å². The van der Waals surface area contributed by atoms with Crippen LogP contribution in [0.5, 0.6) is 0 Å². The molecule has 4 fully saturated rings. The van der Waals surface area contributed by atoms with Crippen molar-refractivity contribution in [3.63, 3.8) is 0 Å². The van der Waals surface area contributed by atoms with Gasteiger partial charge in [0.1, 0.15) is 6.29 Å². The number of hydrogen-bond acceptors (Lipinski definition) is 1. The molecule has 0 aromatic heterocycles. The Morgan fingerprint density at radius 2 is 1.35 bits per heavy atom. The smallest absolute Gasteiger partial charge is 0.122 e. The minimum absolute atomic E-state index is 0.149. The fourth-order valence-electron chi connectivity index (χ4n) is 6.76. The minimum Gasteiger partial charge on any atom is -0.303 e. The first-order valence-electron chi connectivity index (χ1n) is 9.00. The van der Waals surface area contributed by atoms with Crippen molar-refractivity contribution >= 4 is 14.1 Å². The van der Waals surface area contributed by atoms with Crippen LogP contribution in [0.3, 0.4) is 0 Å². The van der Waals surface area contributed by atoms with Crippen molar-refractivity contribution in [1.82, 2.24) is 0 Å². The fraction of sp³-hybridized carbons (Fsp3) is 0.944. The Kier molecular flexibility index (Phi) is 3.47. The molecule has 4 aliphatic carbocycles. The van der Waals surface area contributed by atoms with Gasteiger partial charge in [0.25, 0.3) is 0 Å². The number of carbonyl (C=O) groups is 1. The second-order valence-corrected chi connectivity index (χ2v) is 8.12. The van der Waals surface area contributed by atoms with Gasteiger partial charge in [-0.2, -0.15) is 0 Å². The Balaban J connectivity index is 1.54. The van der Waals surface area contributed by atoms with Crippen LogP contribution in [-0.4, -0.2) is 14.1 Å². The standard InChI is InChI=1S/C18H27BO/c19-18-12(10-20)5-7-16-15-6-4-11-2-1-3-13(11)14(15)8-9-17(16)18/h10-18H,1-9H2/t11-,12?,13+,14-,15-,16+,17?,18?/m0/s1. The van der Waals surface area contributed by atoms with Gasteiger partial charge in [-0.1, -0.05) is 25.1 Å². The van der Waals surface area contributed by atoms with E-state index in [0.29, 0.717) is 5.92 Å². The van der Waals surface area contributed by atoms with Crippen LogP contribution in [0.2, 0.25) is 5.82 Å². The Morgan fingerprint density at radius 3 is 2.20 bits per heavy atom. The molecule has 0 aromatic carbocycles. The van der Waals surface area contributed by atoms with Gasteiger partial charge in [-0.3, -0.25) is 0 Å². The number of fused-ring (bicyclic) bond motifs is 5. The third-order valence-corrected chi connectivity index (χ3v) is 7.62. The summed E-state index contributed by atoms with van der Waals surface area (Å²) in [7, 11) is 6.44. The molecule has 0 aromatic rings. The molecule has 1 nitrogen and oxygen atoms in total. The first-order valence-corrected chi connectivity index (χ1v) is 9.00. The summed E-state index contributed by atoms with van der Waals surface area (Å²) in [6.07, 6.45) is 13.6. The van der Waals surface area contributed by atoms with Gasteiger partial charge in [0.15, 0.2) is 0 Å². The van der Waals surface area contributed by atoms with Gasteiger partial charge in [0, 0.05) is 5.92 Å². The summed E-state index contributed by atoms with van der Waals surface area (Å²) in [5.41, 5.74) is 0. The second kappa shape index (κ2) is 5.18. The van der Waals surface area contributed by atoms with Gasteiger partial charge in [0.2, 0.25) is 0 Å². The molecule has 0 saturated heterocycles. The van der Waals surface area contributed by atoms with Crippen LogP contribution >= 0.6 is 0 Å². The summed E-state index contributed by atoms with van der Waals surface area (Å²) in [6.45, 7) is 0. The third-order valence-electron chi connectivity index (χ3n) is 7.62. The van der Waals surface area contributed by atoms with E-state index in [1.54, 1.807) is 0 Å². The van der Waals surface area contributed by atoms with Gasteiger partial charge in [-0.15, -0.1) is 0 Å². The molecule has 2 radical (unpaired) electrons. The van der Waals surface area contributed by atoms with Crippen LogP contribution in [0.4, 0.5) is 0 Å². The zero-order valence-corrected chi connectivity index (χ0v) is 12.5. The molecule has 2 heteroatoms. The lowest BCUT2D eigenvalue weighted by Crippen LogP contribution is -2.46. The van der Waals surface area contributed by atoms with Gasteiger partial charge in [0.05, 0.1) is 7.85 Å². The Bertz CT molecular complexity index is 382. The molecule has 0 aliphatic heterocycles. The molecular formula is C18H27BO. The van der Waals surface area contributed by atoms with Gasteiger partial charge >= 0.3 is 0 Å². The fourth-order valence-corrected chi connectivity index (χ4v) is 6.76. The SMILES string of the molecule is [B]C1C(C=O)CC[C@H]2C1CC[C@H]1[C@@H]3CCC[C@H]3CC[C@@H]12. The summed E-state index contributed by atoms with van der Waals surface area (Å²) < 4.78 is 0. The Morgan fingerprint density at radius 1 is 0.700 bits per heavy atom. The van der Waals surface area contributed by atoms with Crippen LogP contribution in [0, 0.1) is 41.4 Å². The number of aldehydes is 1. The molecule has 0 bridgehead atoms. The first kappa shape index (κ1) is 13.4. The Hall–Kier alpha value is -0.265. The van der Waals surface area contributed by atoms with E-state index in [9.17, 15) is 4.79 Å². The minimum atomic E-state index is 0.149. The lowest BCUT2D eigenvalue weighted by atomic mass is 9.48. The van der Waals surface area contributed by atoms with Crippen molar-refractivity contribution in [2.75, 3.05) is 0 Å². The number of hydrogen-bond donors (Lipinski definition) is 0. The summed E-state index contributed by atoms with van der Waals surface area (Å²) in [5, 5.41) is 0. The zero-order chi connectivity index (χ0) is 13.7. The van der Waals surface area contributed by atoms with E-state index in [0.717, 1.165) is 42.3 Å². The van der Waals surface area contributed by atoms with Gasteiger partial charge in [-0.05, 0) is 74.0 Å². The van der Waals surface area contributed by atoms with Crippen LogP contribution in [0.1, 0.15) is 57.8 Å². The molecule has 3 unspecified atom stereocenters. The highest BCUT2D eigenvalue weighted by molar-refractivity contribution is 6.13. The predicted molar refractivity (Wildman–Crippen MR) is 81.6 cm³/mol. The number of carbonyl (C=O) groups excluding carboxylic acids is 1. The molecule has 4 rings (SSSR count). The van der Waals surface area contributed by atoms with E-state index in [2.05, 4.69) is 0 Å². The average molecular weight is 270 g/mol. The summed E-state index contributed by atoms with van der Waals surface area (Å²) in [5.74, 6) is 5.88. The highest BCUT2D eigenvalue weighted by Gasteiger charge is 2.50. The molecule has 0 heterocycles. The van der Waals surface area contributed by atoms with Crippen LogP contribution in [0.25, 0.3) is 0 Å². The highest BCUT2D eigenvalue weighted by atomic mass is 16.1. The molecule has 8 atom stereocenters. The molecule has 0 amide bonds. The molecule has 108 valence electrons. The Labute approximate surface area is 124 Å². The molecule has 0 N–H and O–H groups in total. The highest BCUT2D eigenvalue weighted by Crippen LogP contribution is 2.59. The third kappa shape index (κ3) is 1.93. The van der Waals surface area contributed by atoms with E-state index in [-0.39, 0.29) is 11.7 Å². The average Bonchev–Trinajstić information content (AvgIpc) is 2.96. The maximum atomic E-state index is 11.2. The first-order chi connectivity index (χ1) is 9.79. The van der Waals surface area contributed by atoms with Crippen molar-refractivity contribution in [3.8, 4) is 0 Å². The topological polar surface area (TPSA) is 17.1 Å². The predicted octanol–water partition coefficient (Wildman–Crippen LogP) is 4.02. The van der Waals surface area contributed by atoms with Crippen molar-refractivity contribution in [2.24, 2.45) is 41.4 Å². The quantitative estimate of drug-likeness (QED) is 0.519. The summed E-state index contributed by atoms with van der Waals surface area (Å²) >= 11 is 0. The molecule has 4 aliphatic rings. The summed E-state index contributed by atoms with van der Waals surface area (Å²) in [4.78, 5) is 11.2. The molecular weight excluding hydrogens is 243 g/mol. The maximum absolute atomic E-state index is 11.2.